The molecule has 138 valence electrons. The summed E-state index contributed by atoms with van der Waals surface area (Å²) in [5.74, 6) is -0.293. The van der Waals surface area contributed by atoms with Crippen molar-refractivity contribution in [3.05, 3.63) is 29.8 Å². The zero-order valence-corrected chi connectivity index (χ0v) is 15.6. The van der Waals surface area contributed by atoms with Crippen molar-refractivity contribution < 1.29 is 14.7 Å². The van der Waals surface area contributed by atoms with Gasteiger partial charge in [0.2, 0.25) is 5.91 Å². The number of rotatable bonds is 8. The van der Waals surface area contributed by atoms with Crippen molar-refractivity contribution in [1.82, 2.24) is 20.1 Å². The van der Waals surface area contributed by atoms with Crippen LogP contribution in [0, 0.1) is 6.92 Å². The molecule has 0 unspecified atom stereocenters. The minimum absolute atomic E-state index is 0.0256. The molecule has 1 aromatic carbocycles. The molecule has 1 saturated carbocycles. The minimum atomic E-state index is -0.885. The lowest BCUT2D eigenvalue weighted by atomic mass is 10.1. The number of thioether (sulfide) groups is 1. The number of carboxylic acid groups (broad SMARTS) is 1. The second-order valence-electron chi connectivity index (χ2n) is 6.51. The first kappa shape index (κ1) is 18.4. The summed E-state index contributed by atoms with van der Waals surface area (Å²) in [6.07, 6.45) is 2.04. The number of nitrogens with zero attached hydrogens (tertiary/aromatic N) is 3. The molecule has 26 heavy (non-hydrogen) atoms. The van der Waals surface area contributed by atoms with E-state index >= 15 is 0 Å². The Labute approximate surface area is 156 Å². The maximum absolute atomic E-state index is 12.2. The van der Waals surface area contributed by atoms with E-state index in [0.717, 1.165) is 24.0 Å². The molecule has 0 bridgehead atoms. The third-order valence-electron chi connectivity index (χ3n) is 4.12. The second-order valence-corrected chi connectivity index (χ2v) is 7.82. The first-order valence-electron chi connectivity index (χ1n) is 8.63. The van der Waals surface area contributed by atoms with Gasteiger partial charge >= 0.3 is 5.97 Å². The monoisotopic (exact) mass is 374 g/mol. The molecule has 0 radical (unpaired) electrons. The average molecular weight is 374 g/mol. The predicted octanol–water partition coefficient (Wildman–Crippen LogP) is 2.49. The molecule has 7 nitrogen and oxygen atoms in total. The summed E-state index contributed by atoms with van der Waals surface area (Å²) in [6, 6.07) is 8.13. The van der Waals surface area contributed by atoms with E-state index in [4.69, 9.17) is 5.11 Å². The molecule has 1 amide bonds. The van der Waals surface area contributed by atoms with E-state index in [1.165, 1.54) is 11.8 Å². The van der Waals surface area contributed by atoms with Crippen LogP contribution in [0.2, 0.25) is 0 Å². The number of amides is 1. The van der Waals surface area contributed by atoms with Gasteiger partial charge in [0.25, 0.3) is 0 Å². The summed E-state index contributed by atoms with van der Waals surface area (Å²) >= 11 is 1.30. The molecule has 0 spiro atoms. The number of nitrogens with one attached hydrogen (secondary N) is 1. The molecule has 1 atom stereocenters. The van der Waals surface area contributed by atoms with Gasteiger partial charge in [0.05, 0.1) is 11.7 Å². The maximum Gasteiger partial charge on any atom is 0.305 e. The number of aliphatic carboxylic acids is 1. The molecule has 0 aliphatic heterocycles. The Balaban J connectivity index is 1.83. The van der Waals surface area contributed by atoms with E-state index in [2.05, 4.69) is 15.5 Å². The van der Waals surface area contributed by atoms with Crippen LogP contribution in [0.1, 0.15) is 31.7 Å². The van der Waals surface area contributed by atoms with Gasteiger partial charge in [-0.05, 0) is 32.8 Å². The van der Waals surface area contributed by atoms with Crippen LogP contribution in [-0.2, 0) is 16.1 Å². The van der Waals surface area contributed by atoms with E-state index in [1.54, 1.807) is 4.57 Å². The van der Waals surface area contributed by atoms with Gasteiger partial charge in [-0.3, -0.25) is 9.59 Å². The lowest BCUT2D eigenvalue weighted by Gasteiger charge is -2.13. The number of carboxylic acids is 1. The first-order valence-corrected chi connectivity index (χ1v) is 9.51. The van der Waals surface area contributed by atoms with Crippen LogP contribution in [-0.4, -0.2) is 43.0 Å². The number of hydrogen-bond donors (Lipinski definition) is 2. The Morgan fingerprint density at radius 3 is 2.81 bits per heavy atom. The van der Waals surface area contributed by atoms with Crippen LogP contribution in [0.15, 0.2) is 29.4 Å². The normalized spacial score (nSPS) is 14.8. The van der Waals surface area contributed by atoms with Crippen molar-refractivity contribution in [1.29, 1.82) is 0 Å². The van der Waals surface area contributed by atoms with Crippen LogP contribution in [0.5, 0.6) is 0 Å². The van der Waals surface area contributed by atoms with Crippen molar-refractivity contribution in [2.24, 2.45) is 0 Å². The fourth-order valence-corrected chi connectivity index (χ4v) is 3.42. The predicted molar refractivity (Wildman–Crippen MR) is 98.9 cm³/mol. The van der Waals surface area contributed by atoms with Gasteiger partial charge in [-0.25, -0.2) is 0 Å². The molecule has 2 aromatic rings. The first-order chi connectivity index (χ1) is 12.4. The molecule has 8 heteroatoms. The van der Waals surface area contributed by atoms with E-state index in [9.17, 15) is 9.59 Å². The van der Waals surface area contributed by atoms with Crippen LogP contribution in [0.4, 0.5) is 0 Å². The van der Waals surface area contributed by atoms with E-state index in [1.807, 2.05) is 38.1 Å². The smallest absolute Gasteiger partial charge is 0.305 e. The van der Waals surface area contributed by atoms with Crippen molar-refractivity contribution in [3.8, 4) is 11.4 Å². The molecule has 1 aromatic heterocycles. The molecule has 3 rings (SSSR count). The standard InChI is InChI=1S/C18H22N4O3S/c1-11-4-3-5-13(10-11)16-20-21-18(22(16)9-8-15(23)24)26-12(2)17(25)19-14-6-7-14/h3-5,10,12,14H,6-9H2,1-2H3,(H,19,25)(H,23,24)/t12-/m1/s1. The van der Waals surface area contributed by atoms with Gasteiger partial charge in [0.15, 0.2) is 11.0 Å². The number of hydrogen-bond acceptors (Lipinski definition) is 5. The maximum atomic E-state index is 12.2. The molecule has 1 aliphatic rings. The molecule has 1 heterocycles. The SMILES string of the molecule is Cc1cccc(-c2nnc(S[C@H](C)C(=O)NC3CC3)n2CCC(=O)O)c1. The Morgan fingerprint density at radius 2 is 2.15 bits per heavy atom. The van der Waals surface area contributed by atoms with Crippen LogP contribution in [0.25, 0.3) is 11.4 Å². The Hall–Kier alpha value is -2.35. The van der Waals surface area contributed by atoms with E-state index in [-0.39, 0.29) is 24.1 Å². The van der Waals surface area contributed by atoms with E-state index in [0.29, 0.717) is 17.0 Å². The number of carbonyl (C=O) groups is 2. The Bertz CT molecular complexity index is 817. The zero-order chi connectivity index (χ0) is 18.7. The van der Waals surface area contributed by atoms with Crippen molar-refractivity contribution in [2.75, 3.05) is 0 Å². The number of aromatic nitrogens is 3. The van der Waals surface area contributed by atoms with Gasteiger partial charge in [-0.15, -0.1) is 10.2 Å². The molecule has 1 aliphatic carbocycles. The molecular formula is C18H22N4O3S. The summed E-state index contributed by atoms with van der Waals surface area (Å²) < 4.78 is 1.79. The van der Waals surface area contributed by atoms with Gasteiger partial charge in [-0.2, -0.15) is 0 Å². The minimum Gasteiger partial charge on any atom is -0.481 e. The quantitative estimate of drug-likeness (QED) is 0.689. The van der Waals surface area contributed by atoms with Crippen LogP contribution >= 0.6 is 11.8 Å². The van der Waals surface area contributed by atoms with Gasteiger partial charge in [-0.1, -0.05) is 35.5 Å². The highest BCUT2D eigenvalue weighted by atomic mass is 32.2. The summed E-state index contributed by atoms with van der Waals surface area (Å²) in [7, 11) is 0. The molecular weight excluding hydrogens is 352 g/mol. The molecule has 2 N–H and O–H groups in total. The third-order valence-corrected chi connectivity index (χ3v) is 5.20. The van der Waals surface area contributed by atoms with Crippen LogP contribution in [0.3, 0.4) is 0 Å². The largest absolute Gasteiger partial charge is 0.481 e. The highest BCUT2D eigenvalue weighted by molar-refractivity contribution is 8.00. The summed E-state index contributed by atoms with van der Waals surface area (Å²) in [4.78, 5) is 23.3. The Kier molecular flexibility index (Phi) is 5.61. The number of aryl methyl sites for hydroxylation is 1. The summed E-state index contributed by atoms with van der Waals surface area (Å²) in [5.41, 5.74) is 1.96. The third kappa shape index (κ3) is 4.63. The lowest BCUT2D eigenvalue weighted by Crippen LogP contribution is -2.32. The fraction of sp³-hybridized carbons (Fsp3) is 0.444. The van der Waals surface area contributed by atoms with Gasteiger partial charge in [0, 0.05) is 18.2 Å². The van der Waals surface area contributed by atoms with Gasteiger partial charge in [0.1, 0.15) is 0 Å². The van der Waals surface area contributed by atoms with Crippen LogP contribution < -0.4 is 5.32 Å². The number of carbonyl (C=O) groups excluding carboxylic acids is 1. The average Bonchev–Trinajstić information content (AvgIpc) is 3.31. The molecule has 1 fully saturated rings. The highest BCUT2D eigenvalue weighted by Crippen LogP contribution is 2.28. The second kappa shape index (κ2) is 7.90. The topological polar surface area (TPSA) is 97.1 Å². The highest BCUT2D eigenvalue weighted by Gasteiger charge is 2.27. The summed E-state index contributed by atoms with van der Waals surface area (Å²) in [5, 5.41) is 20.7. The Morgan fingerprint density at radius 1 is 1.38 bits per heavy atom. The zero-order valence-electron chi connectivity index (χ0n) is 14.8. The van der Waals surface area contributed by atoms with Crippen molar-refractivity contribution in [2.45, 2.75) is 56.1 Å². The summed E-state index contributed by atoms with van der Waals surface area (Å²) in [6.45, 7) is 4.07. The lowest BCUT2D eigenvalue weighted by molar-refractivity contribution is -0.137. The van der Waals surface area contributed by atoms with Gasteiger partial charge < -0.3 is 15.0 Å². The van der Waals surface area contributed by atoms with E-state index < -0.39 is 5.97 Å². The van der Waals surface area contributed by atoms with Crippen molar-refractivity contribution >= 4 is 23.6 Å². The molecule has 0 saturated heterocycles. The van der Waals surface area contributed by atoms with Crippen molar-refractivity contribution in [3.63, 3.8) is 0 Å². The number of benzene rings is 1. The fourth-order valence-electron chi connectivity index (χ4n) is 2.54.